The third kappa shape index (κ3) is 3.52. The molecule has 0 spiro atoms. The van der Waals surface area contributed by atoms with Gasteiger partial charge in [0.25, 0.3) is 0 Å². The van der Waals surface area contributed by atoms with Crippen molar-refractivity contribution in [1.29, 1.82) is 0 Å². The highest BCUT2D eigenvalue weighted by Gasteiger charge is 2.23. The van der Waals surface area contributed by atoms with Crippen LogP contribution in [0.3, 0.4) is 0 Å². The second-order valence-electron chi connectivity index (χ2n) is 5.10. The molecule has 0 aliphatic rings. The van der Waals surface area contributed by atoms with Crippen LogP contribution in [0.15, 0.2) is 17.0 Å². The van der Waals surface area contributed by atoms with Gasteiger partial charge >= 0.3 is 0 Å². The molecule has 6 heteroatoms. The molecule has 0 saturated carbocycles. The van der Waals surface area contributed by atoms with Crippen LogP contribution in [0.2, 0.25) is 0 Å². The summed E-state index contributed by atoms with van der Waals surface area (Å²) in [6.45, 7) is 5.80. The van der Waals surface area contributed by atoms with E-state index in [4.69, 9.17) is 5.73 Å². The summed E-state index contributed by atoms with van der Waals surface area (Å²) in [5.74, 6) is -0.219. The molecule has 2 N–H and O–H groups in total. The van der Waals surface area contributed by atoms with Crippen molar-refractivity contribution in [3.63, 3.8) is 0 Å². The van der Waals surface area contributed by atoms with Crippen LogP contribution in [0, 0.1) is 18.7 Å². The van der Waals surface area contributed by atoms with Gasteiger partial charge in [0.05, 0.1) is 4.90 Å². The van der Waals surface area contributed by atoms with E-state index in [1.54, 1.807) is 0 Å². The largest absolute Gasteiger partial charge is 0.326 e. The van der Waals surface area contributed by atoms with Crippen molar-refractivity contribution in [1.82, 2.24) is 4.31 Å². The number of halogens is 1. The predicted molar refractivity (Wildman–Crippen MR) is 73.7 cm³/mol. The summed E-state index contributed by atoms with van der Waals surface area (Å²) in [6, 6.07) is 2.66. The van der Waals surface area contributed by atoms with E-state index in [0.717, 1.165) is 0 Å². The molecule has 1 aromatic carbocycles. The summed E-state index contributed by atoms with van der Waals surface area (Å²) in [5.41, 5.74) is 5.95. The molecule has 0 fully saturated rings. The fourth-order valence-electron chi connectivity index (χ4n) is 1.90. The van der Waals surface area contributed by atoms with Crippen LogP contribution in [0.4, 0.5) is 4.39 Å². The zero-order chi connectivity index (χ0) is 14.8. The number of nitrogens with two attached hydrogens (primary N) is 1. The van der Waals surface area contributed by atoms with E-state index in [2.05, 4.69) is 0 Å². The molecular weight excluding hydrogens is 267 g/mol. The molecule has 0 amide bonds. The van der Waals surface area contributed by atoms with Gasteiger partial charge in [0.1, 0.15) is 5.82 Å². The highest BCUT2D eigenvalue weighted by molar-refractivity contribution is 7.89. The molecular formula is C13H21FN2O2S. The van der Waals surface area contributed by atoms with Gasteiger partial charge in [-0.15, -0.1) is 0 Å². The van der Waals surface area contributed by atoms with Crippen LogP contribution in [-0.2, 0) is 16.6 Å². The number of aryl methyl sites for hydroxylation is 1. The molecule has 0 aromatic heterocycles. The lowest BCUT2D eigenvalue weighted by atomic mass is 10.1. The second kappa shape index (κ2) is 5.98. The van der Waals surface area contributed by atoms with Crippen LogP contribution in [-0.4, -0.2) is 26.3 Å². The molecule has 19 heavy (non-hydrogen) atoms. The number of benzene rings is 1. The lowest BCUT2D eigenvalue weighted by Crippen LogP contribution is -2.30. The average molecular weight is 288 g/mol. The summed E-state index contributed by atoms with van der Waals surface area (Å²) in [6.07, 6.45) is 0. The molecule has 0 aliphatic carbocycles. The Kier molecular flexibility index (Phi) is 5.06. The molecule has 0 heterocycles. The number of hydrogen-bond acceptors (Lipinski definition) is 3. The zero-order valence-electron chi connectivity index (χ0n) is 11.8. The maximum absolute atomic E-state index is 13.7. The van der Waals surface area contributed by atoms with Gasteiger partial charge in [0.2, 0.25) is 10.0 Å². The smallest absolute Gasteiger partial charge is 0.242 e. The van der Waals surface area contributed by atoms with E-state index in [1.807, 2.05) is 13.8 Å². The van der Waals surface area contributed by atoms with E-state index in [-0.39, 0.29) is 22.9 Å². The number of sulfonamides is 1. The summed E-state index contributed by atoms with van der Waals surface area (Å²) in [4.78, 5) is 0.0926. The Morgan fingerprint density at radius 1 is 1.37 bits per heavy atom. The minimum atomic E-state index is -3.59. The van der Waals surface area contributed by atoms with E-state index >= 15 is 0 Å². The Morgan fingerprint density at radius 2 is 1.95 bits per heavy atom. The van der Waals surface area contributed by atoms with Crippen molar-refractivity contribution in [3.8, 4) is 0 Å². The summed E-state index contributed by atoms with van der Waals surface area (Å²) < 4.78 is 39.7. The van der Waals surface area contributed by atoms with Crippen molar-refractivity contribution in [2.24, 2.45) is 11.7 Å². The Morgan fingerprint density at radius 3 is 2.42 bits per heavy atom. The number of nitrogens with zero attached hydrogens (tertiary/aromatic N) is 1. The molecule has 0 atom stereocenters. The molecule has 1 aromatic rings. The van der Waals surface area contributed by atoms with E-state index in [0.29, 0.717) is 12.1 Å². The van der Waals surface area contributed by atoms with Crippen LogP contribution in [0.25, 0.3) is 0 Å². The van der Waals surface area contributed by atoms with Gasteiger partial charge in [0.15, 0.2) is 0 Å². The number of rotatable bonds is 5. The van der Waals surface area contributed by atoms with Gasteiger partial charge in [0, 0.05) is 25.7 Å². The summed E-state index contributed by atoms with van der Waals surface area (Å²) in [5, 5.41) is 0. The van der Waals surface area contributed by atoms with Gasteiger partial charge < -0.3 is 5.73 Å². The molecule has 1 rings (SSSR count). The van der Waals surface area contributed by atoms with Crippen molar-refractivity contribution < 1.29 is 12.8 Å². The highest BCUT2D eigenvalue weighted by atomic mass is 32.2. The predicted octanol–water partition coefficient (Wildman–Crippen LogP) is 1.87. The van der Waals surface area contributed by atoms with Crippen molar-refractivity contribution in [3.05, 3.63) is 29.1 Å². The fraction of sp³-hybridized carbons (Fsp3) is 0.538. The van der Waals surface area contributed by atoms with Gasteiger partial charge in [-0.1, -0.05) is 13.8 Å². The first kappa shape index (κ1) is 16.1. The monoisotopic (exact) mass is 288 g/mol. The van der Waals surface area contributed by atoms with E-state index < -0.39 is 15.8 Å². The van der Waals surface area contributed by atoms with Gasteiger partial charge in [-0.05, 0) is 30.5 Å². The Hall–Kier alpha value is -0.980. The highest BCUT2D eigenvalue weighted by Crippen LogP contribution is 2.22. The van der Waals surface area contributed by atoms with Crippen LogP contribution < -0.4 is 5.73 Å². The lowest BCUT2D eigenvalue weighted by Gasteiger charge is -2.20. The maximum Gasteiger partial charge on any atom is 0.242 e. The van der Waals surface area contributed by atoms with Crippen molar-refractivity contribution in [2.45, 2.75) is 32.2 Å². The first-order valence-corrected chi connectivity index (χ1v) is 7.59. The molecule has 0 unspecified atom stereocenters. The standard InChI is InChI=1S/C13H21FN2O2S/c1-9(2)8-16(4)19(17,18)12-5-10(3)13(14)11(6-12)7-15/h5-6,9H,7-8,15H2,1-4H3. The molecule has 108 valence electrons. The minimum absolute atomic E-state index is 0.0239. The fourth-order valence-corrected chi connectivity index (χ4v) is 3.37. The van der Waals surface area contributed by atoms with Crippen LogP contribution in [0.5, 0.6) is 0 Å². The van der Waals surface area contributed by atoms with Crippen LogP contribution in [0.1, 0.15) is 25.0 Å². The Labute approximate surface area is 114 Å². The number of hydrogen-bond donors (Lipinski definition) is 1. The Bertz CT molecular complexity index is 556. The molecule has 4 nitrogen and oxygen atoms in total. The zero-order valence-corrected chi connectivity index (χ0v) is 12.6. The molecule has 0 saturated heterocycles. The Balaban J connectivity index is 3.26. The van der Waals surface area contributed by atoms with Crippen molar-refractivity contribution in [2.75, 3.05) is 13.6 Å². The second-order valence-corrected chi connectivity index (χ2v) is 7.14. The third-order valence-electron chi connectivity index (χ3n) is 2.85. The summed E-state index contributed by atoms with van der Waals surface area (Å²) >= 11 is 0. The van der Waals surface area contributed by atoms with E-state index in [1.165, 1.54) is 30.4 Å². The van der Waals surface area contributed by atoms with E-state index in [9.17, 15) is 12.8 Å². The first-order valence-electron chi connectivity index (χ1n) is 6.15. The van der Waals surface area contributed by atoms with Gasteiger partial charge in [-0.2, -0.15) is 0 Å². The minimum Gasteiger partial charge on any atom is -0.326 e. The molecule has 0 bridgehead atoms. The topological polar surface area (TPSA) is 63.4 Å². The molecule has 0 radical (unpaired) electrons. The average Bonchev–Trinajstić information content (AvgIpc) is 2.31. The molecule has 0 aliphatic heterocycles. The van der Waals surface area contributed by atoms with Crippen molar-refractivity contribution >= 4 is 10.0 Å². The first-order chi connectivity index (χ1) is 8.70. The summed E-state index contributed by atoms with van der Waals surface area (Å²) in [7, 11) is -2.07. The quantitative estimate of drug-likeness (QED) is 0.899. The lowest BCUT2D eigenvalue weighted by molar-refractivity contribution is 0.417. The normalized spacial score (nSPS) is 12.4. The third-order valence-corrected chi connectivity index (χ3v) is 4.65. The van der Waals surface area contributed by atoms with Gasteiger partial charge in [-0.25, -0.2) is 17.1 Å². The van der Waals surface area contributed by atoms with Gasteiger partial charge in [-0.3, -0.25) is 0 Å². The van der Waals surface area contributed by atoms with Crippen LogP contribution >= 0.6 is 0 Å². The SMILES string of the molecule is Cc1cc(S(=O)(=O)N(C)CC(C)C)cc(CN)c1F. The maximum atomic E-state index is 13.7.